The van der Waals surface area contributed by atoms with Crippen LogP contribution in [0.5, 0.6) is 0 Å². The topological polar surface area (TPSA) is 86.8 Å². The van der Waals surface area contributed by atoms with Gasteiger partial charge in [0.25, 0.3) is 10.0 Å². The number of rotatable bonds is 13. The van der Waals surface area contributed by atoms with E-state index < -0.39 is 28.5 Å². The molecule has 0 aliphatic heterocycles. The summed E-state index contributed by atoms with van der Waals surface area (Å²) >= 11 is 16.5. The summed E-state index contributed by atoms with van der Waals surface area (Å²) in [5.41, 5.74) is 2.46. The summed E-state index contributed by atoms with van der Waals surface area (Å²) < 4.78 is 30.0. The molecular formula is C34H34BrCl2N3O4S. The molecule has 0 heterocycles. The zero-order valence-corrected chi connectivity index (χ0v) is 28.8. The number of halogens is 3. The van der Waals surface area contributed by atoms with Gasteiger partial charge in [-0.3, -0.25) is 13.9 Å². The summed E-state index contributed by atoms with van der Waals surface area (Å²) in [6.07, 6.45) is 0.882. The molecule has 0 aliphatic carbocycles. The molecule has 0 saturated heterocycles. The van der Waals surface area contributed by atoms with Gasteiger partial charge in [0.15, 0.2) is 0 Å². The number of amides is 2. The van der Waals surface area contributed by atoms with Gasteiger partial charge in [-0.05, 0) is 67.4 Å². The minimum absolute atomic E-state index is 0.0334. The summed E-state index contributed by atoms with van der Waals surface area (Å²) in [4.78, 5) is 29.7. The van der Waals surface area contributed by atoms with Gasteiger partial charge in [-0.1, -0.05) is 100 Å². The lowest BCUT2D eigenvalue weighted by Gasteiger charge is -2.34. The third kappa shape index (κ3) is 8.88. The fourth-order valence-corrected chi connectivity index (χ4v) is 6.94. The van der Waals surface area contributed by atoms with Crippen LogP contribution in [-0.2, 0) is 32.6 Å². The highest BCUT2D eigenvalue weighted by Gasteiger charge is 2.35. The Labute approximate surface area is 283 Å². The van der Waals surface area contributed by atoms with E-state index in [0.29, 0.717) is 28.6 Å². The second-order valence-electron chi connectivity index (χ2n) is 10.5. The number of hydrogen-bond donors (Lipinski definition) is 1. The Morgan fingerprint density at radius 2 is 1.49 bits per heavy atom. The van der Waals surface area contributed by atoms with E-state index in [2.05, 4.69) is 21.2 Å². The van der Waals surface area contributed by atoms with Crippen LogP contribution in [0.15, 0.2) is 106 Å². The molecule has 4 aromatic carbocycles. The highest BCUT2D eigenvalue weighted by molar-refractivity contribution is 9.10. The molecule has 0 saturated carbocycles. The largest absolute Gasteiger partial charge is 0.354 e. The smallest absolute Gasteiger partial charge is 0.264 e. The molecule has 0 bridgehead atoms. The third-order valence-electron chi connectivity index (χ3n) is 7.21. The summed E-state index contributed by atoms with van der Waals surface area (Å²) in [5.74, 6) is -0.967. The van der Waals surface area contributed by atoms with Gasteiger partial charge in [-0.15, -0.1) is 0 Å². The molecular weight excluding hydrogens is 697 g/mol. The molecule has 1 atom stereocenters. The van der Waals surface area contributed by atoms with E-state index >= 15 is 0 Å². The first-order valence-corrected chi connectivity index (χ1v) is 17.4. The average Bonchev–Trinajstić information content (AvgIpc) is 3.02. The number of anilines is 1. The van der Waals surface area contributed by atoms with Crippen molar-refractivity contribution in [2.75, 3.05) is 17.4 Å². The van der Waals surface area contributed by atoms with Crippen LogP contribution in [0.3, 0.4) is 0 Å². The van der Waals surface area contributed by atoms with Crippen molar-refractivity contribution in [2.45, 2.75) is 44.2 Å². The SMILES string of the molecule is CCCNC(=O)C(Cc1ccccc1)N(Cc1c(Cl)cccc1Cl)C(=O)CN(c1ccc(Br)cc1)S(=O)(=O)c1ccc(C)cc1. The number of sulfonamides is 1. The van der Waals surface area contributed by atoms with Crippen LogP contribution in [0.1, 0.15) is 30.0 Å². The predicted octanol–water partition coefficient (Wildman–Crippen LogP) is 7.43. The van der Waals surface area contributed by atoms with Crippen molar-refractivity contribution in [1.82, 2.24) is 10.2 Å². The molecule has 2 amide bonds. The van der Waals surface area contributed by atoms with Crippen molar-refractivity contribution in [3.63, 3.8) is 0 Å². The van der Waals surface area contributed by atoms with Crippen molar-refractivity contribution >= 4 is 66.7 Å². The van der Waals surface area contributed by atoms with Crippen LogP contribution in [0.25, 0.3) is 0 Å². The summed E-state index contributed by atoms with van der Waals surface area (Å²) in [7, 11) is -4.20. The lowest BCUT2D eigenvalue weighted by Crippen LogP contribution is -2.53. The maximum Gasteiger partial charge on any atom is 0.264 e. The van der Waals surface area contributed by atoms with E-state index in [0.717, 1.165) is 19.9 Å². The standard InChI is InChI=1S/C34H34BrCl2N3O4S/c1-3-20-38-34(42)32(21-25-8-5-4-6-9-25)39(22-29-30(36)10-7-11-31(29)37)33(41)23-40(27-16-14-26(35)15-17-27)45(43,44)28-18-12-24(2)13-19-28/h4-19,32H,3,20-23H2,1-2H3,(H,38,42). The monoisotopic (exact) mass is 729 g/mol. The maximum absolute atomic E-state index is 14.5. The highest BCUT2D eigenvalue weighted by atomic mass is 79.9. The first-order chi connectivity index (χ1) is 21.5. The van der Waals surface area contributed by atoms with Crippen LogP contribution in [0.2, 0.25) is 10.0 Å². The van der Waals surface area contributed by atoms with Crippen molar-refractivity contribution in [1.29, 1.82) is 0 Å². The Morgan fingerprint density at radius 3 is 2.09 bits per heavy atom. The number of nitrogens with one attached hydrogen (secondary N) is 1. The van der Waals surface area contributed by atoms with Crippen LogP contribution in [0.4, 0.5) is 5.69 Å². The fourth-order valence-electron chi connectivity index (χ4n) is 4.75. The number of aryl methyl sites for hydroxylation is 1. The van der Waals surface area contributed by atoms with E-state index in [-0.39, 0.29) is 29.5 Å². The van der Waals surface area contributed by atoms with Crippen LogP contribution < -0.4 is 9.62 Å². The van der Waals surface area contributed by atoms with Gasteiger partial charge in [0.2, 0.25) is 11.8 Å². The molecule has 1 N–H and O–H groups in total. The average molecular weight is 732 g/mol. The minimum atomic E-state index is -4.20. The molecule has 0 radical (unpaired) electrons. The van der Waals surface area contributed by atoms with Gasteiger partial charge < -0.3 is 10.2 Å². The normalized spacial score (nSPS) is 11.9. The van der Waals surface area contributed by atoms with Crippen LogP contribution >= 0.6 is 39.1 Å². The first-order valence-electron chi connectivity index (χ1n) is 14.4. The Morgan fingerprint density at radius 1 is 0.867 bits per heavy atom. The molecule has 11 heteroatoms. The number of benzene rings is 4. The molecule has 0 aromatic heterocycles. The van der Waals surface area contributed by atoms with Gasteiger partial charge in [-0.2, -0.15) is 0 Å². The van der Waals surface area contributed by atoms with Crippen molar-refractivity contribution in [3.8, 4) is 0 Å². The maximum atomic E-state index is 14.5. The molecule has 0 fully saturated rings. The molecule has 0 aliphatic rings. The third-order valence-corrected chi connectivity index (χ3v) is 10.2. The Hall–Kier alpha value is -3.37. The van der Waals surface area contributed by atoms with Crippen molar-refractivity contribution < 1.29 is 18.0 Å². The molecule has 4 rings (SSSR count). The fraction of sp³-hybridized carbons (Fsp3) is 0.235. The number of nitrogens with zero attached hydrogens (tertiary/aromatic N) is 2. The van der Waals surface area contributed by atoms with Crippen LogP contribution in [-0.4, -0.2) is 44.3 Å². The predicted molar refractivity (Wildman–Crippen MR) is 184 cm³/mol. The summed E-state index contributed by atoms with van der Waals surface area (Å²) in [6.45, 7) is 3.51. The number of hydrogen-bond acceptors (Lipinski definition) is 4. The van der Waals surface area contributed by atoms with E-state index in [1.165, 1.54) is 17.0 Å². The van der Waals surface area contributed by atoms with E-state index in [1.807, 2.05) is 44.2 Å². The molecule has 45 heavy (non-hydrogen) atoms. The molecule has 7 nitrogen and oxygen atoms in total. The zero-order chi connectivity index (χ0) is 32.6. The second-order valence-corrected chi connectivity index (χ2v) is 14.1. The molecule has 0 spiro atoms. The van der Waals surface area contributed by atoms with E-state index in [9.17, 15) is 18.0 Å². The minimum Gasteiger partial charge on any atom is -0.354 e. The van der Waals surface area contributed by atoms with Crippen molar-refractivity contribution in [2.24, 2.45) is 0 Å². The molecule has 1 unspecified atom stereocenters. The number of carbonyl (C=O) groups excluding carboxylic acids is 2. The quantitative estimate of drug-likeness (QED) is 0.155. The first kappa shape index (κ1) is 34.5. The molecule has 236 valence electrons. The van der Waals surface area contributed by atoms with Gasteiger partial charge in [-0.25, -0.2) is 8.42 Å². The number of carbonyl (C=O) groups is 2. The summed E-state index contributed by atoms with van der Waals surface area (Å²) in [5, 5.41) is 3.57. The Balaban J connectivity index is 1.82. The summed E-state index contributed by atoms with van der Waals surface area (Å²) in [6, 6.07) is 26.4. The van der Waals surface area contributed by atoms with E-state index in [1.54, 1.807) is 54.6 Å². The van der Waals surface area contributed by atoms with Crippen molar-refractivity contribution in [3.05, 3.63) is 128 Å². The lowest BCUT2D eigenvalue weighted by atomic mass is 10.0. The Kier molecular flexibility index (Phi) is 12.1. The molecule has 4 aromatic rings. The van der Waals surface area contributed by atoms with Gasteiger partial charge >= 0.3 is 0 Å². The second kappa shape index (κ2) is 15.8. The Bertz CT molecular complexity index is 1700. The highest BCUT2D eigenvalue weighted by Crippen LogP contribution is 2.29. The van der Waals surface area contributed by atoms with Crippen LogP contribution in [0, 0.1) is 6.92 Å². The lowest BCUT2D eigenvalue weighted by molar-refractivity contribution is -0.140. The van der Waals surface area contributed by atoms with E-state index in [4.69, 9.17) is 23.2 Å². The van der Waals surface area contributed by atoms with Gasteiger partial charge in [0.1, 0.15) is 12.6 Å². The zero-order valence-electron chi connectivity index (χ0n) is 24.9. The van der Waals surface area contributed by atoms with Gasteiger partial charge in [0.05, 0.1) is 10.6 Å². The van der Waals surface area contributed by atoms with Gasteiger partial charge in [0, 0.05) is 39.6 Å².